The standard InChI is InChI=1S/C19H20N4O4S/c1-12(10-15-4-3-9-27-15)20-17(24)13-5-7-14(8-6-13)21-18(25)19-23-22-16(28-19)11-26-2/h3-9,12H,10-11H2,1-2H3,(H,20,24)(H,21,25)/t12-/m0/s1. The highest BCUT2D eigenvalue weighted by Crippen LogP contribution is 2.15. The smallest absolute Gasteiger partial charge is 0.286 e. The highest BCUT2D eigenvalue weighted by atomic mass is 32.1. The number of methoxy groups -OCH3 is 1. The normalized spacial score (nSPS) is 11.8. The van der Waals surface area contributed by atoms with E-state index in [2.05, 4.69) is 20.8 Å². The van der Waals surface area contributed by atoms with Gasteiger partial charge in [-0.05, 0) is 43.3 Å². The molecule has 28 heavy (non-hydrogen) atoms. The first-order valence-electron chi connectivity index (χ1n) is 8.61. The van der Waals surface area contributed by atoms with Crippen LogP contribution >= 0.6 is 11.3 Å². The van der Waals surface area contributed by atoms with Gasteiger partial charge in [0, 0.05) is 30.8 Å². The summed E-state index contributed by atoms with van der Waals surface area (Å²) in [7, 11) is 1.55. The molecule has 0 aliphatic rings. The Labute approximate surface area is 165 Å². The molecular weight excluding hydrogens is 380 g/mol. The first kappa shape index (κ1) is 19.7. The maximum absolute atomic E-state index is 12.3. The second-order valence-corrected chi connectivity index (χ2v) is 7.19. The molecule has 0 aliphatic carbocycles. The van der Waals surface area contributed by atoms with Crippen molar-refractivity contribution in [3.63, 3.8) is 0 Å². The van der Waals surface area contributed by atoms with E-state index in [0.717, 1.165) is 5.76 Å². The number of hydrogen-bond acceptors (Lipinski definition) is 7. The molecule has 0 radical (unpaired) electrons. The fourth-order valence-corrected chi connectivity index (χ4v) is 3.21. The van der Waals surface area contributed by atoms with Crippen LogP contribution in [-0.2, 0) is 17.8 Å². The summed E-state index contributed by atoms with van der Waals surface area (Å²) >= 11 is 1.17. The third-order valence-corrected chi connectivity index (χ3v) is 4.69. The van der Waals surface area contributed by atoms with Gasteiger partial charge in [-0.3, -0.25) is 9.59 Å². The van der Waals surface area contributed by atoms with E-state index >= 15 is 0 Å². The maximum atomic E-state index is 12.3. The molecule has 1 atom stereocenters. The maximum Gasteiger partial charge on any atom is 0.286 e. The van der Waals surface area contributed by atoms with E-state index in [1.54, 1.807) is 37.6 Å². The number of ether oxygens (including phenoxy) is 1. The van der Waals surface area contributed by atoms with Crippen molar-refractivity contribution in [2.75, 3.05) is 12.4 Å². The summed E-state index contributed by atoms with van der Waals surface area (Å²) in [4.78, 5) is 24.6. The van der Waals surface area contributed by atoms with Crippen LogP contribution in [-0.4, -0.2) is 35.2 Å². The largest absolute Gasteiger partial charge is 0.469 e. The molecule has 3 rings (SSSR count). The highest BCUT2D eigenvalue weighted by molar-refractivity contribution is 7.13. The van der Waals surface area contributed by atoms with Crippen molar-refractivity contribution in [3.8, 4) is 0 Å². The van der Waals surface area contributed by atoms with E-state index < -0.39 is 0 Å². The second-order valence-electron chi connectivity index (χ2n) is 6.12. The van der Waals surface area contributed by atoms with Gasteiger partial charge in [0.25, 0.3) is 11.8 Å². The molecule has 2 N–H and O–H groups in total. The van der Waals surface area contributed by atoms with Crippen LogP contribution in [0.3, 0.4) is 0 Å². The van der Waals surface area contributed by atoms with Crippen LogP contribution in [0.25, 0.3) is 0 Å². The number of carbonyl (C=O) groups is 2. The van der Waals surface area contributed by atoms with E-state index in [1.165, 1.54) is 11.3 Å². The lowest BCUT2D eigenvalue weighted by Crippen LogP contribution is -2.33. The second kappa shape index (κ2) is 9.25. The Morgan fingerprint density at radius 1 is 1.18 bits per heavy atom. The third kappa shape index (κ3) is 5.24. The van der Waals surface area contributed by atoms with Crippen LogP contribution in [0.5, 0.6) is 0 Å². The quantitative estimate of drug-likeness (QED) is 0.602. The lowest BCUT2D eigenvalue weighted by molar-refractivity contribution is 0.0938. The number of furan rings is 1. The third-order valence-electron chi connectivity index (χ3n) is 3.80. The van der Waals surface area contributed by atoms with Gasteiger partial charge in [-0.1, -0.05) is 11.3 Å². The Balaban J connectivity index is 1.54. The molecule has 9 heteroatoms. The number of anilines is 1. The van der Waals surface area contributed by atoms with Gasteiger partial charge in [-0.25, -0.2) is 0 Å². The van der Waals surface area contributed by atoms with E-state index in [-0.39, 0.29) is 22.9 Å². The van der Waals surface area contributed by atoms with E-state index in [9.17, 15) is 9.59 Å². The molecule has 2 heterocycles. The predicted octanol–water partition coefficient (Wildman–Crippen LogP) is 2.89. The van der Waals surface area contributed by atoms with Crippen molar-refractivity contribution < 1.29 is 18.7 Å². The summed E-state index contributed by atoms with van der Waals surface area (Å²) in [6.45, 7) is 2.22. The molecule has 0 spiro atoms. The summed E-state index contributed by atoms with van der Waals surface area (Å²) in [6.07, 6.45) is 2.22. The Morgan fingerprint density at radius 3 is 2.64 bits per heavy atom. The minimum absolute atomic E-state index is 0.0725. The van der Waals surface area contributed by atoms with E-state index in [1.807, 2.05) is 19.1 Å². The van der Waals surface area contributed by atoms with Gasteiger partial charge < -0.3 is 19.8 Å². The number of hydrogen-bond donors (Lipinski definition) is 2. The Morgan fingerprint density at radius 2 is 1.96 bits per heavy atom. The minimum atomic E-state index is -0.357. The van der Waals surface area contributed by atoms with Crippen molar-refractivity contribution in [3.05, 3.63) is 64.0 Å². The summed E-state index contributed by atoms with van der Waals surface area (Å²) in [5.74, 6) is 0.269. The first-order valence-corrected chi connectivity index (χ1v) is 9.43. The topological polar surface area (TPSA) is 106 Å². The summed E-state index contributed by atoms with van der Waals surface area (Å²) in [6, 6.07) is 10.3. The average molecular weight is 400 g/mol. The molecule has 0 fully saturated rings. The van der Waals surface area contributed by atoms with Crippen molar-refractivity contribution in [1.82, 2.24) is 15.5 Å². The van der Waals surface area contributed by atoms with Crippen LogP contribution in [0.4, 0.5) is 5.69 Å². The zero-order chi connectivity index (χ0) is 19.9. The van der Waals surface area contributed by atoms with Crippen LogP contribution in [0, 0.1) is 0 Å². The lowest BCUT2D eigenvalue weighted by Gasteiger charge is -2.13. The molecule has 2 aromatic heterocycles. The highest BCUT2D eigenvalue weighted by Gasteiger charge is 2.14. The van der Waals surface area contributed by atoms with Crippen molar-refractivity contribution in [2.24, 2.45) is 0 Å². The molecule has 0 unspecified atom stereocenters. The SMILES string of the molecule is COCc1nnc(C(=O)Nc2ccc(C(=O)N[C@@H](C)Cc3ccco3)cc2)s1. The molecule has 0 bridgehead atoms. The van der Waals surface area contributed by atoms with Gasteiger partial charge in [0.1, 0.15) is 10.8 Å². The minimum Gasteiger partial charge on any atom is -0.469 e. The molecule has 3 aromatic rings. The van der Waals surface area contributed by atoms with Gasteiger partial charge >= 0.3 is 0 Å². The van der Waals surface area contributed by atoms with Gasteiger partial charge in [0.2, 0.25) is 5.01 Å². The number of aromatic nitrogens is 2. The zero-order valence-electron chi connectivity index (χ0n) is 15.5. The molecule has 0 saturated carbocycles. The summed E-state index contributed by atoms with van der Waals surface area (Å²) in [5.41, 5.74) is 1.07. The van der Waals surface area contributed by atoms with Crippen molar-refractivity contribution >= 4 is 28.8 Å². The fourth-order valence-electron chi connectivity index (χ4n) is 2.51. The van der Waals surface area contributed by atoms with Gasteiger partial charge in [0.15, 0.2) is 0 Å². The molecule has 8 nitrogen and oxygen atoms in total. The van der Waals surface area contributed by atoms with Crippen LogP contribution < -0.4 is 10.6 Å². The molecular formula is C19H20N4O4S. The number of nitrogens with zero attached hydrogens (tertiary/aromatic N) is 2. The Bertz CT molecular complexity index is 922. The van der Waals surface area contributed by atoms with Gasteiger partial charge in [-0.2, -0.15) is 0 Å². The average Bonchev–Trinajstić information content (AvgIpc) is 3.34. The van der Waals surface area contributed by atoms with E-state index in [4.69, 9.17) is 9.15 Å². The summed E-state index contributed by atoms with van der Waals surface area (Å²) in [5, 5.41) is 14.3. The van der Waals surface area contributed by atoms with E-state index in [0.29, 0.717) is 29.3 Å². The van der Waals surface area contributed by atoms with Gasteiger partial charge in [-0.15, -0.1) is 10.2 Å². The number of carbonyl (C=O) groups excluding carboxylic acids is 2. The van der Waals surface area contributed by atoms with Crippen LogP contribution in [0.1, 0.15) is 37.9 Å². The number of nitrogens with one attached hydrogen (secondary N) is 2. The van der Waals surface area contributed by atoms with Crippen molar-refractivity contribution in [1.29, 1.82) is 0 Å². The van der Waals surface area contributed by atoms with Crippen LogP contribution in [0.2, 0.25) is 0 Å². The molecule has 2 amide bonds. The molecule has 0 aliphatic heterocycles. The Hall–Kier alpha value is -3.04. The van der Waals surface area contributed by atoms with Gasteiger partial charge in [0.05, 0.1) is 12.9 Å². The summed E-state index contributed by atoms with van der Waals surface area (Å²) < 4.78 is 10.3. The lowest BCUT2D eigenvalue weighted by atomic mass is 10.1. The molecule has 1 aromatic carbocycles. The molecule has 146 valence electrons. The fraction of sp³-hybridized carbons (Fsp3) is 0.263. The monoisotopic (exact) mass is 400 g/mol. The first-order chi connectivity index (χ1) is 13.5. The number of rotatable bonds is 8. The Kier molecular flexibility index (Phi) is 6.51. The predicted molar refractivity (Wildman–Crippen MR) is 104 cm³/mol. The zero-order valence-corrected chi connectivity index (χ0v) is 16.3. The number of amides is 2. The number of benzene rings is 1. The molecule has 0 saturated heterocycles. The van der Waals surface area contributed by atoms with Crippen molar-refractivity contribution in [2.45, 2.75) is 26.0 Å². The van der Waals surface area contributed by atoms with Crippen LogP contribution in [0.15, 0.2) is 47.1 Å².